The van der Waals surface area contributed by atoms with Crippen LogP contribution in [0.4, 0.5) is 11.4 Å². The van der Waals surface area contributed by atoms with E-state index in [1.54, 1.807) is 0 Å². The maximum atomic E-state index is 2.66. The van der Waals surface area contributed by atoms with Gasteiger partial charge in [-0.15, -0.1) is 0 Å². The molecule has 0 saturated carbocycles. The summed E-state index contributed by atoms with van der Waals surface area (Å²) in [5.74, 6) is 0. The van der Waals surface area contributed by atoms with Crippen LogP contribution in [0.15, 0.2) is 176 Å². The molecule has 10 rings (SSSR count). The van der Waals surface area contributed by atoms with E-state index in [4.69, 9.17) is 0 Å². The Labute approximate surface area is 338 Å². The van der Waals surface area contributed by atoms with Gasteiger partial charge in [-0.3, -0.25) is 0 Å². The number of aryl methyl sites for hydroxylation is 3. The molecule has 1 nitrogen and oxygen atoms in total. The number of fused-ring (bicyclic) bond motifs is 4. The Bertz CT molecular complexity index is 2810. The van der Waals surface area contributed by atoms with E-state index in [1.807, 2.05) is 0 Å². The average Bonchev–Trinajstić information content (AvgIpc) is 3.24. The van der Waals surface area contributed by atoms with E-state index in [0.717, 1.165) is 6.42 Å². The zero-order valence-corrected chi connectivity index (χ0v) is 33.5. The van der Waals surface area contributed by atoms with Crippen LogP contribution in [0.3, 0.4) is 0 Å². The second-order valence-corrected chi connectivity index (χ2v) is 16.6. The van der Waals surface area contributed by atoms with E-state index in [1.165, 1.54) is 106 Å². The highest BCUT2D eigenvalue weighted by Crippen LogP contribution is 2.47. The lowest BCUT2D eigenvalue weighted by Crippen LogP contribution is -2.62. The smallest absolute Gasteiger partial charge is 0.329 e. The molecule has 2 heterocycles. The third kappa shape index (κ3) is 5.77. The highest BCUT2D eigenvalue weighted by atomic mass is 15.1. The molecule has 274 valence electrons. The van der Waals surface area contributed by atoms with Crippen LogP contribution in [0, 0.1) is 20.8 Å². The summed E-state index contributed by atoms with van der Waals surface area (Å²) in [6, 6.07) is 65.8. The van der Waals surface area contributed by atoms with Gasteiger partial charge in [-0.05, 0) is 146 Å². The third-order valence-electron chi connectivity index (χ3n) is 12.8. The zero-order valence-electron chi connectivity index (χ0n) is 33.5. The second kappa shape index (κ2) is 13.7. The van der Waals surface area contributed by atoms with Crippen molar-refractivity contribution in [2.45, 2.75) is 46.5 Å². The van der Waals surface area contributed by atoms with E-state index in [0.29, 0.717) is 0 Å². The van der Waals surface area contributed by atoms with E-state index >= 15 is 0 Å². The molecule has 0 amide bonds. The molecule has 2 aliphatic rings. The first-order valence-electron chi connectivity index (χ1n) is 20.3. The van der Waals surface area contributed by atoms with Crippen LogP contribution in [0.1, 0.15) is 52.8 Å². The van der Waals surface area contributed by atoms with Gasteiger partial charge < -0.3 is 4.81 Å². The Morgan fingerprint density at radius 1 is 0.474 bits per heavy atom. The predicted octanol–water partition coefficient (Wildman–Crippen LogP) is 12.8. The summed E-state index contributed by atoms with van der Waals surface area (Å²) in [5.41, 5.74) is 24.8. The maximum absolute atomic E-state index is 2.66. The quantitative estimate of drug-likeness (QED) is 0.154. The molecular weight excluding hydrogens is 685 g/mol. The molecule has 2 aliphatic heterocycles. The summed E-state index contributed by atoms with van der Waals surface area (Å²) >= 11 is 0. The summed E-state index contributed by atoms with van der Waals surface area (Å²) in [6.07, 6.45) is 0.879. The first-order valence-corrected chi connectivity index (χ1v) is 20.3. The van der Waals surface area contributed by atoms with Crippen LogP contribution in [-0.2, 0) is 11.8 Å². The van der Waals surface area contributed by atoms with Crippen molar-refractivity contribution in [2.75, 3.05) is 4.81 Å². The minimum Gasteiger partial charge on any atom is -0.376 e. The van der Waals surface area contributed by atoms with Gasteiger partial charge in [0.25, 0.3) is 0 Å². The molecule has 0 atom stereocenters. The summed E-state index contributed by atoms with van der Waals surface area (Å²) < 4.78 is 0. The number of nitrogens with zero attached hydrogens (tertiary/aromatic N) is 1. The number of rotatable bonds is 6. The Balaban J connectivity index is 1.28. The number of hydrogen-bond donors (Lipinski definition) is 0. The Hall–Kier alpha value is -6.38. The average molecular weight is 732 g/mol. The molecule has 0 aromatic heterocycles. The van der Waals surface area contributed by atoms with Gasteiger partial charge in [-0.2, -0.15) is 0 Å². The van der Waals surface area contributed by atoms with Gasteiger partial charge in [0.15, 0.2) is 0 Å². The lowest BCUT2D eigenvalue weighted by Gasteiger charge is -2.44. The monoisotopic (exact) mass is 731 g/mol. The second-order valence-electron chi connectivity index (χ2n) is 16.6. The predicted molar refractivity (Wildman–Crippen MR) is 244 cm³/mol. The van der Waals surface area contributed by atoms with E-state index < -0.39 is 0 Å². The fourth-order valence-corrected chi connectivity index (χ4v) is 10.2. The van der Waals surface area contributed by atoms with Crippen molar-refractivity contribution in [3.05, 3.63) is 215 Å². The van der Waals surface area contributed by atoms with Gasteiger partial charge in [-0.1, -0.05) is 159 Å². The summed E-state index contributed by atoms with van der Waals surface area (Å²) in [7, 11) is 0. The molecule has 0 fully saturated rings. The van der Waals surface area contributed by atoms with E-state index in [9.17, 15) is 0 Å². The summed E-state index contributed by atoms with van der Waals surface area (Å²) in [5, 5.41) is 0. The molecule has 0 bridgehead atoms. The highest BCUT2D eigenvalue weighted by Gasteiger charge is 2.44. The lowest BCUT2D eigenvalue weighted by atomic mass is 9.40. The topological polar surface area (TPSA) is 3.24 Å². The van der Waals surface area contributed by atoms with Gasteiger partial charge in [-0.25, -0.2) is 0 Å². The minimum atomic E-state index is -0.198. The van der Waals surface area contributed by atoms with Crippen molar-refractivity contribution in [1.29, 1.82) is 0 Å². The molecule has 2 heteroatoms. The van der Waals surface area contributed by atoms with Crippen LogP contribution >= 0.6 is 0 Å². The number of benzene rings is 8. The molecule has 0 saturated heterocycles. The molecule has 8 aromatic rings. The first-order chi connectivity index (χ1) is 27.8. The number of hydrogen-bond acceptors (Lipinski definition) is 1. The largest absolute Gasteiger partial charge is 0.376 e. The molecule has 0 aliphatic carbocycles. The molecule has 0 unspecified atom stereocenters. The third-order valence-corrected chi connectivity index (χ3v) is 12.8. The fraction of sp³-hybridized carbons (Fsp3) is 0.127. The minimum absolute atomic E-state index is 0.0144. The SMILES string of the molecule is Cc1ccccc1C(C)(C)c1cccc2c1Cc1cc(-c3c(C)cccc3C)cc3c1B2N(c1cccc(-c2ccccc2)c1)c1ccc(-c2ccccc2)cc1-3. The Kier molecular flexibility index (Phi) is 8.41. The molecule has 0 N–H and O–H groups in total. The van der Waals surface area contributed by atoms with Crippen molar-refractivity contribution < 1.29 is 0 Å². The zero-order chi connectivity index (χ0) is 38.8. The van der Waals surface area contributed by atoms with Gasteiger partial charge in [0.2, 0.25) is 0 Å². The van der Waals surface area contributed by atoms with Crippen LogP contribution in [0.5, 0.6) is 0 Å². The highest BCUT2D eigenvalue weighted by molar-refractivity contribution is 6.92. The Morgan fingerprint density at radius 3 is 1.77 bits per heavy atom. The van der Waals surface area contributed by atoms with Crippen LogP contribution in [0.2, 0.25) is 0 Å². The van der Waals surface area contributed by atoms with E-state index in [-0.39, 0.29) is 12.3 Å². The van der Waals surface area contributed by atoms with Gasteiger partial charge in [0, 0.05) is 22.4 Å². The van der Waals surface area contributed by atoms with Crippen molar-refractivity contribution in [2.24, 2.45) is 0 Å². The summed E-state index contributed by atoms with van der Waals surface area (Å²) in [4.78, 5) is 2.66. The summed E-state index contributed by atoms with van der Waals surface area (Å²) in [6.45, 7) is 11.6. The molecule has 0 radical (unpaired) electrons. The van der Waals surface area contributed by atoms with Crippen LogP contribution in [0.25, 0.3) is 44.5 Å². The van der Waals surface area contributed by atoms with Crippen molar-refractivity contribution in [3.63, 3.8) is 0 Å². The number of anilines is 2. The van der Waals surface area contributed by atoms with Gasteiger partial charge in [0.1, 0.15) is 0 Å². The van der Waals surface area contributed by atoms with Crippen LogP contribution < -0.4 is 15.7 Å². The molecule has 0 spiro atoms. The van der Waals surface area contributed by atoms with Gasteiger partial charge >= 0.3 is 6.85 Å². The standard InChI is InChI=1S/C55H46BN/c1-36-17-12-13-26-49(36)55(4,5)50-27-16-28-51-48(50)35-44-31-43(53-37(2)18-14-19-38(53)3)34-47-46-33-42(40-22-10-7-11-23-40)29-30-52(46)57(56(51)54(44)47)45-25-15-24-41(32-45)39-20-8-6-9-21-39/h6-34H,35H2,1-5H3. The van der Waals surface area contributed by atoms with Crippen molar-refractivity contribution in [1.82, 2.24) is 0 Å². The maximum Gasteiger partial charge on any atom is 0.329 e. The molecular formula is C55H46BN. The molecule has 8 aromatic carbocycles. The van der Waals surface area contributed by atoms with Gasteiger partial charge in [0.05, 0.1) is 0 Å². The lowest BCUT2D eigenvalue weighted by molar-refractivity contribution is 0.629. The fourth-order valence-electron chi connectivity index (χ4n) is 10.2. The first kappa shape index (κ1) is 35.1. The Morgan fingerprint density at radius 2 is 1.05 bits per heavy atom. The van der Waals surface area contributed by atoms with E-state index in [2.05, 4.69) is 215 Å². The molecule has 57 heavy (non-hydrogen) atoms. The van der Waals surface area contributed by atoms with Crippen molar-refractivity contribution in [3.8, 4) is 44.5 Å². The van der Waals surface area contributed by atoms with Crippen LogP contribution in [-0.4, -0.2) is 6.85 Å². The normalized spacial score (nSPS) is 12.9. The van der Waals surface area contributed by atoms with Crippen molar-refractivity contribution >= 4 is 29.1 Å².